The Morgan fingerprint density at radius 3 is 2.48 bits per heavy atom. The quantitative estimate of drug-likeness (QED) is 0.446. The van der Waals surface area contributed by atoms with Crippen molar-refractivity contribution in [2.75, 3.05) is 13.6 Å². The summed E-state index contributed by atoms with van der Waals surface area (Å²) in [5.74, 6) is 0.590. The van der Waals surface area contributed by atoms with Crippen LogP contribution < -0.4 is 10.6 Å². The summed E-state index contributed by atoms with van der Waals surface area (Å²) in [6.07, 6.45) is -4.25. The van der Waals surface area contributed by atoms with Gasteiger partial charge in [0.25, 0.3) is 0 Å². The van der Waals surface area contributed by atoms with Crippen molar-refractivity contribution in [1.82, 2.24) is 10.6 Å². The molecule has 0 amide bonds. The molecular weight excluding hydrogens is 327 g/mol. The first kappa shape index (κ1) is 19.1. The summed E-state index contributed by atoms with van der Waals surface area (Å²) in [4.78, 5) is 4.13. The van der Waals surface area contributed by atoms with Gasteiger partial charge in [-0.2, -0.15) is 13.2 Å². The number of hydrogen-bond donors (Lipinski definition) is 2. The van der Waals surface area contributed by atoms with E-state index >= 15 is 0 Å². The topological polar surface area (TPSA) is 36.4 Å². The molecule has 2 aromatic carbocycles. The lowest BCUT2D eigenvalue weighted by Gasteiger charge is -2.19. The average Bonchev–Trinajstić information content (AvgIpc) is 2.58. The normalized spacial score (nSPS) is 13.7. The highest BCUT2D eigenvalue weighted by molar-refractivity contribution is 5.84. The molecule has 2 rings (SSSR count). The van der Waals surface area contributed by atoms with Gasteiger partial charge in [-0.3, -0.25) is 4.99 Å². The van der Waals surface area contributed by atoms with E-state index in [0.717, 1.165) is 5.56 Å². The van der Waals surface area contributed by atoms with Gasteiger partial charge in [0.2, 0.25) is 0 Å². The van der Waals surface area contributed by atoms with Crippen LogP contribution >= 0.6 is 0 Å². The molecule has 2 aromatic rings. The third-order valence-electron chi connectivity index (χ3n) is 4.03. The monoisotopic (exact) mass is 351 g/mol. The summed E-state index contributed by atoms with van der Waals surface area (Å²) in [6, 6.07) is 14.5. The van der Waals surface area contributed by atoms with Crippen molar-refractivity contribution in [3.05, 3.63) is 48.0 Å². The molecule has 0 spiro atoms. The van der Waals surface area contributed by atoms with Crippen molar-refractivity contribution in [2.45, 2.75) is 38.4 Å². The van der Waals surface area contributed by atoms with Gasteiger partial charge in [-0.15, -0.1) is 0 Å². The maximum absolute atomic E-state index is 12.1. The van der Waals surface area contributed by atoms with Gasteiger partial charge in [0.1, 0.15) is 0 Å². The summed E-state index contributed by atoms with van der Waals surface area (Å²) >= 11 is 0. The number of benzene rings is 2. The van der Waals surface area contributed by atoms with Crippen molar-refractivity contribution in [3.63, 3.8) is 0 Å². The molecule has 6 heteroatoms. The van der Waals surface area contributed by atoms with E-state index in [1.165, 1.54) is 10.8 Å². The van der Waals surface area contributed by atoms with Gasteiger partial charge in [-0.25, -0.2) is 0 Å². The van der Waals surface area contributed by atoms with Crippen molar-refractivity contribution in [1.29, 1.82) is 0 Å². The molecule has 0 fully saturated rings. The Morgan fingerprint density at radius 1 is 1.08 bits per heavy atom. The Kier molecular flexibility index (Phi) is 6.67. The molecule has 0 bridgehead atoms. The standard InChI is InChI=1S/C19H24F3N3/c1-14(16-10-9-15-7-3-4-8-17(15)13-16)25-18(23-2)24-12-6-5-11-19(20,21)22/h3-4,7-10,13-14H,5-6,11-12H2,1-2H3,(H2,23,24,25). The lowest BCUT2D eigenvalue weighted by Crippen LogP contribution is -2.39. The lowest BCUT2D eigenvalue weighted by molar-refractivity contribution is -0.135. The molecule has 2 N–H and O–H groups in total. The molecule has 1 unspecified atom stereocenters. The number of aliphatic imine (C=N–C) groups is 1. The molecule has 136 valence electrons. The number of unbranched alkanes of at least 4 members (excludes halogenated alkanes) is 1. The SMILES string of the molecule is CN=C(NCCCCC(F)(F)F)NC(C)c1ccc2ccccc2c1. The fraction of sp³-hybridized carbons (Fsp3) is 0.421. The van der Waals surface area contributed by atoms with Crippen LogP contribution in [0.5, 0.6) is 0 Å². The molecule has 0 heterocycles. The van der Waals surface area contributed by atoms with Crippen LogP contribution in [0, 0.1) is 0 Å². The second-order valence-electron chi connectivity index (χ2n) is 6.04. The summed E-state index contributed by atoms with van der Waals surface area (Å²) in [6.45, 7) is 2.49. The van der Waals surface area contributed by atoms with Gasteiger partial charge < -0.3 is 10.6 Å². The molecule has 25 heavy (non-hydrogen) atoms. The van der Waals surface area contributed by atoms with Crippen LogP contribution in [-0.4, -0.2) is 25.7 Å². The van der Waals surface area contributed by atoms with Crippen molar-refractivity contribution in [2.24, 2.45) is 4.99 Å². The second-order valence-corrected chi connectivity index (χ2v) is 6.04. The minimum Gasteiger partial charge on any atom is -0.356 e. The largest absolute Gasteiger partial charge is 0.389 e. The van der Waals surface area contributed by atoms with E-state index in [1.54, 1.807) is 7.05 Å². The highest BCUT2D eigenvalue weighted by Crippen LogP contribution is 2.22. The number of nitrogens with one attached hydrogen (secondary N) is 2. The molecule has 0 aliphatic heterocycles. The molecule has 0 aliphatic carbocycles. The highest BCUT2D eigenvalue weighted by Gasteiger charge is 2.25. The van der Waals surface area contributed by atoms with Crippen LogP contribution in [-0.2, 0) is 0 Å². The minimum absolute atomic E-state index is 0.0333. The van der Waals surface area contributed by atoms with Crippen LogP contribution in [0.3, 0.4) is 0 Å². The van der Waals surface area contributed by atoms with E-state index in [1.807, 2.05) is 19.1 Å². The zero-order valence-electron chi connectivity index (χ0n) is 14.5. The summed E-state index contributed by atoms with van der Waals surface area (Å²) < 4.78 is 36.4. The number of nitrogens with zero attached hydrogens (tertiary/aromatic N) is 1. The smallest absolute Gasteiger partial charge is 0.356 e. The van der Waals surface area contributed by atoms with Gasteiger partial charge in [0.05, 0.1) is 6.04 Å². The first-order chi connectivity index (χ1) is 11.9. The molecule has 3 nitrogen and oxygen atoms in total. The van der Waals surface area contributed by atoms with Crippen LogP contribution in [0.25, 0.3) is 10.8 Å². The number of rotatable bonds is 6. The van der Waals surface area contributed by atoms with Crippen LogP contribution in [0.1, 0.15) is 37.8 Å². The highest BCUT2D eigenvalue weighted by atomic mass is 19.4. The Hall–Kier alpha value is -2.24. The Bertz CT molecular complexity index is 710. The number of fused-ring (bicyclic) bond motifs is 1. The van der Waals surface area contributed by atoms with Gasteiger partial charge in [-0.05, 0) is 42.2 Å². The summed E-state index contributed by atoms with van der Waals surface area (Å²) in [7, 11) is 1.65. The minimum atomic E-state index is -4.08. The lowest BCUT2D eigenvalue weighted by atomic mass is 10.0. The van der Waals surface area contributed by atoms with Crippen molar-refractivity contribution >= 4 is 16.7 Å². The maximum atomic E-state index is 12.1. The predicted molar refractivity (Wildman–Crippen MR) is 96.8 cm³/mol. The van der Waals surface area contributed by atoms with Crippen LogP contribution in [0.4, 0.5) is 13.2 Å². The van der Waals surface area contributed by atoms with Crippen molar-refractivity contribution in [3.8, 4) is 0 Å². The molecule has 0 saturated heterocycles. The summed E-state index contributed by atoms with van der Waals surface area (Å²) in [5.41, 5.74) is 1.12. The zero-order chi connectivity index (χ0) is 18.3. The predicted octanol–water partition coefficient (Wildman–Crippen LogP) is 4.80. The average molecular weight is 351 g/mol. The first-order valence-corrected chi connectivity index (χ1v) is 8.41. The van der Waals surface area contributed by atoms with Gasteiger partial charge in [0.15, 0.2) is 5.96 Å². The van der Waals surface area contributed by atoms with Crippen molar-refractivity contribution < 1.29 is 13.2 Å². The zero-order valence-corrected chi connectivity index (χ0v) is 14.5. The number of hydrogen-bond acceptors (Lipinski definition) is 1. The Labute approximate surface area is 146 Å². The van der Waals surface area contributed by atoms with E-state index in [-0.39, 0.29) is 12.5 Å². The molecule has 1 atom stereocenters. The molecular formula is C19H24F3N3. The third kappa shape index (κ3) is 6.29. The van der Waals surface area contributed by atoms with E-state index in [0.29, 0.717) is 18.9 Å². The van der Waals surface area contributed by atoms with Gasteiger partial charge >= 0.3 is 6.18 Å². The number of halogens is 3. The van der Waals surface area contributed by atoms with Gasteiger partial charge in [0, 0.05) is 20.0 Å². The number of alkyl halides is 3. The Balaban J connectivity index is 1.85. The fourth-order valence-electron chi connectivity index (χ4n) is 2.62. The maximum Gasteiger partial charge on any atom is 0.389 e. The van der Waals surface area contributed by atoms with E-state index in [4.69, 9.17) is 0 Å². The third-order valence-corrected chi connectivity index (χ3v) is 4.03. The molecule has 0 saturated carbocycles. The van der Waals surface area contributed by atoms with E-state index < -0.39 is 12.6 Å². The second kappa shape index (κ2) is 8.74. The molecule has 0 aliphatic rings. The van der Waals surface area contributed by atoms with Crippen LogP contribution in [0.2, 0.25) is 0 Å². The summed E-state index contributed by atoms with van der Waals surface area (Å²) in [5, 5.41) is 8.69. The Morgan fingerprint density at radius 2 is 1.80 bits per heavy atom. The van der Waals surface area contributed by atoms with Gasteiger partial charge in [-0.1, -0.05) is 36.4 Å². The molecule has 0 aromatic heterocycles. The van der Waals surface area contributed by atoms with E-state index in [2.05, 4.69) is 46.0 Å². The fourth-order valence-corrected chi connectivity index (χ4v) is 2.62. The molecule has 0 radical (unpaired) electrons. The first-order valence-electron chi connectivity index (χ1n) is 8.41. The van der Waals surface area contributed by atoms with Crippen LogP contribution in [0.15, 0.2) is 47.5 Å². The van der Waals surface area contributed by atoms with E-state index in [9.17, 15) is 13.2 Å². The number of guanidine groups is 1.